The second kappa shape index (κ2) is 5.84. The molecule has 0 saturated carbocycles. The van der Waals surface area contributed by atoms with Crippen molar-refractivity contribution in [3.8, 4) is 11.3 Å². The number of rotatable bonds is 4. The lowest BCUT2D eigenvalue weighted by Gasteiger charge is -2.08. The molecule has 0 spiro atoms. The van der Waals surface area contributed by atoms with Gasteiger partial charge in [0.15, 0.2) is 0 Å². The van der Waals surface area contributed by atoms with E-state index in [1.54, 1.807) is 12.1 Å². The molecule has 2 rings (SSSR count). The third kappa shape index (κ3) is 3.04. The molecule has 0 saturated heterocycles. The monoisotopic (exact) mass is 329 g/mol. The molecule has 0 fully saturated rings. The largest absolute Gasteiger partial charge is 0.459 e. The zero-order valence-corrected chi connectivity index (χ0v) is 12.2. The highest BCUT2D eigenvalue weighted by molar-refractivity contribution is 9.10. The Bertz CT molecular complexity index is 583. The fourth-order valence-electron chi connectivity index (χ4n) is 1.85. The third-order valence-corrected chi connectivity index (χ3v) is 3.45. The minimum atomic E-state index is -0.641. The van der Waals surface area contributed by atoms with Crippen molar-refractivity contribution in [1.82, 2.24) is 5.32 Å². The summed E-state index contributed by atoms with van der Waals surface area (Å²) in [5.41, 5.74) is 0.239. The van der Waals surface area contributed by atoms with E-state index in [1.165, 1.54) is 6.07 Å². The minimum Gasteiger partial charge on any atom is -0.459 e. The number of hydrogen-bond acceptors (Lipinski definition) is 2. The van der Waals surface area contributed by atoms with Gasteiger partial charge in [0.25, 0.3) is 0 Å². The zero-order chi connectivity index (χ0) is 14.0. The van der Waals surface area contributed by atoms with Crippen LogP contribution in [0.5, 0.6) is 0 Å². The van der Waals surface area contributed by atoms with E-state index in [0.29, 0.717) is 5.76 Å². The highest BCUT2D eigenvalue weighted by Crippen LogP contribution is 2.31. The van der Waals surface area contributed by atoms with Crippen LogP contribution in [0.15, 0.2) is 33.2 Å². The summed E-state index contributed by atoms with van der Waals surface area (Å²) in [6.45, 7) is 4.77. The highest BCUT2D eigenvalue weighted by atomic mass is 79.9. The molecule has 0 bridgehead atoms. The molecule has 0 aliphatic rings. The van der Waals surface area contributed by atoms with Gasteiger partial charge in [-0.25, -0.2) is 8.78 Å². The van der Waals surface area contributed by atoms with Gasteiger partial charge in [-0.2, -0.15) is 0 Å². The lowest BCUT2D eigenvalue weighted by atomic mass is 10.1. The summed E-state index contributed by atoms with van der Waals surface area (Å²) in [7, 11) is 0. The maximum Gasteiger partial charge on any atom is 0.140 e. The van der Waals surface area contributed by atoms with E-state index in [4.69, 9.17) is 4.42 Å². The van der Waals surface area contributed by atoms with E-state index in [9.17, 15) is 8.78 Å². The fraction of sp³-hybridized carbons (Fsp3) is 0.286. The van der Waals surface area contributed by atoms with Crippen LogP contribution < -0.4 is 5.32 Å². The van der Waals surface area contributed by atoms with Gasteiger partial charge in [0.05, 0.1) is 16.1 Å². The molecule has 102 valence electrons. The molecular formula is C14H14BrF2NO. The zero-order valence-electron chi connectivity index (χ0n) is 10.6. The van der Waals surface area contributed by atoms with E-state index in [1.807, 2.05) is 13.8 Å². The molecule has 1 unspecified atom stereocenters. The first kappa shape index (κ1) is 14.2. The highest BCUT2D eigenvalue weighted by Gasteiger charge is 2.15. The summed E-state index contributed by atoms with van der Waals surface area (Å²) in [5, 5.41) is 3.20. The molecule has 2 nitrogen and oxygen atoms in total. The third-order valence-electron chi connectivity index (χ3n) is 2.84. The molecule has 5 heteroatoms. The van der Waals surface area contributed by atoms with E-state index in [-0.39, 0.29) is 16.1 Å². The molecule has 0 radical (unpaired) electrons. The Morgan fingerprint density at radius 2 is 2.00 bits per heavy atom. The first-order valence-corrected chi connectivity index (χ1v) is 6.80. The molecule has 1 aromatic heterocycles. The standard InChI is InChI=1S/C14H14BrF2NO/c1-3-18-8(2)13-4-5-14(19-13)9-6-10(15)12(17)7-11(9)16/h4-8,18H,3H2,1-2H3. The normalized spacial score (nSPS) is 12.7. The second-order valence-electron chi connectivity index (χ2n) is 4.23. The van der Waals surface area contributed by atoms with E-state index in [2.05, 4.69) is 21.2 Å². The molecule has 0 aliphatic carbocycles. The van der Waals surface area contributed by atoms with Crippen molar-refractivity contribution in [2.45, 2.75) is 19.9 Å². The van der Waals surface area contributed by atoms with Gasteiger partial charge in [-0.1, -0.05) is 6.92 Å². The van der Waals surface area contributed by atoms with Gasteiger partial charge >= 0.3 is 0 Å². The molecule has 1 heterocycles. The van der Waals surface area contributed by atoms with Gasteiger partial charge < -0.3 is 9.73 Å². The molecule has 0 aliphatic heterocycles. The van der Waals surface area contributed by atoms with Crippen molar-refractivity contribution < 1.29 is 13.2 Å². The molecule has 0 amide bonds. The van der Waals surface area contributed by atoms with Gasteiger partial charge in [0.1, 0.15) is 23.2 Å². The topological polar surface area (TPSA) is 25.2 Å². The second-order valence-corrected chi connectivity index (χ2v) is 5.08. The van der Waals surface area contributed by atoms with Gasteiger partial charge in [-0.3, -0.25) is 0 Å². The van der Waals surface area contributed by atoms with Gasteiger partial charge in [0, 0.05) is 6.07 Å². The predicted molar refractivity (Wildman–Crippen MR) is 73.9 cm³/mol. The average Bonchev–Trinajstić information content (AvgIpc) is 2.83. The van der Waals surface area contributed by atoms with Crippen molar-refractivity contribution in [3.63, 3.8) is 0 Å². The number of furan rings is 1. The fourth-order valence-corrected chi connectivity index (χ4v) is 2.19. The number of hydrogen-bond donors (Lipinski definition) is 1. The van der Waals surface area contributed by atoms with Crippen molar-refractivity contribution >= 4 is 15.9 Å². The van der Waals surface area contributed by atoms with Crippen LogP contribution in [0.3, 0.4) is 0 Å². The van der Waals surface area contributed by atoms with Crippen molar-refractivity contribution in [2.24, 2.45) is 0 Å². The number of nitrogens with one attached hydrogen (secondary N) is 1. The van der Waals surface area contributed by atoms with E-state index >= 15 is 0 Å². The summed E-state index contributed by atoms with van der Waals surface area (Å²) < 4.78 is 32.7. The minimum absolute atomic E-state index is 0.0469. The first-order valence-electron chi connectivity index (χ1n) is 6.01. The Labute approximate surface area is 118 Å². The van der Waals surface area contributed by atoms with Crippen LogP contribution in [0.1, 0.15) is 25.6 Å². The van der Waals surface area contributed by atoms with Gasteiger partial charge in [0.2, 0.25) is 0 Å². The smallest absolute Gasteiger partial charge is 0.140 e. The molecule has 2 aromatic rings. The molecule has 1 N–H and O–H groups in total. The summed E-state index contributed by atoms with van der Waals surface area (Å²) in [4.78, 5) is 0. The number of halogens is 3. The maximum atomic E-state index is 13.7. The van der Waals surface area contributed by atoms with Crippen LogP contribution in [-0.2, 0) is 0 Å². The summed E-state index contributed by atoms with van der Waals surface area (Å²) in [6.07, 6.45) is 0. The Hall–Kier alpha value is -1.20. The lowest BCUT2D eigenvalue weighted by Crippen LogP contribution is -2.16. The predicted octanol–water partition coefficient (Wildman–Crippen LogP) is 4.66. The summed E-state index contributed by atoms with van der Waals surface area (Å²) >= 11 is 3.04. The van der Waals surface area contributed by atoms with Crippen LogP contribution >= 0.6 is 15.9 Å². The lowest BCUT2D eigenvalue weighted by molar-refractivity contribution is 0.443. The van der Waals surface area contributed by atoms with Crippen molar-refractivity contribution in [3.05, 3.63) is 46.1 Å². The van der Waals surface area contributed by atoms with Crippen LogP contribution in [0.2, 0.25) is 0 Å². The van der Waals surface area contributed by atoms with Crippen molar-refractivity contribution in [2.75, 3.05) is 6.54 Å². The first-order chi connectivity index (χ1) is 9.02. The van der Waals surface area contributed by atoms with Crippen molar-refractivity contribution in [1.29, 1.82) is 0 Å². The SMILES string of the molecule is CCNC(C)c1ccc(-c2cc(Br)c(F)cc2F)o1. The summed E-state index contributed by atoms with van der Waals surface area (Å²) in [5.74, 6) is -0.165. The van der Waals surface area contributed by atoms with Gasteiger partial charge in [-0.05, 0) is 47.6 Å². The Kier molecular flexibility index (Phi) is 4.37. The van der Waals surface area contributed by atoms with E-state index < -0.39 is 11.6 Å². The van der Waals surface area contributed by atoms with E-state index in [0.717, 1.165) is 18.4 Å². The van der Waals surface area contributed by atoms with Crippen LogP contribution in [0, 0.1) is 11.6 Å². The average molecular weight is 330 g/mol. The Morgan fingerprint density at radius 1 is 1.26 bits per heavy atom. The quantitative estimate of drug-likeness (QED) is 0.825. The molecule has 1 atom stereocenters. The van der Waals surface area contributed by atoms with Crippen LogP contribution in [0.4, 0.5) is 8.78 Å². The Morgan fingerprint density at radius 3 is 2.68 bits per heavy atom. The van der Waals surface area contributed by atoms with Crippen LogP contribution in [0.25, 0.3) is 11.3 Å². The van der Waals surface area contributed by atoms with Gasteiger partial charge in [-0.15, -0.1) is 0 Å². The maximum absolute atomic E-state index is 13.7. The number of benzene rings is 1. The Balaban J connectivity index is 2.35. The summed E-state index contributed by atoms with van der Waals surface area (Å²) in [6, 6.07) is 5.75. The van der Waals surface area contributed by atoms with Crippen LogP contribution in [-0.4, -0.2) is 6.54 Å². The molecular weight excluding hydrogens is 316 g/mol. The molecule has 19 heavy (non-hydrogen) atoms. The molecule has 1 aromatic carbocycles.